The van der Waals surface area contributed by atoms with Crippen LogP contribution in [0.15, 0.2) is 24.3 Å². The van der Waals surface area contributed by atoms with Gasteiger partial charge in [0.2, 0.25) is 0 Å². The van der Waals surface area contributed by atoms with Gasteiger partial charge >= 0.3 is 5.97 Å². The molecule has 2 aliphatic rings. The van der Waals surface area contributed by atoms with Crippen LogP contribution in [0.1, 0.15) is 38.2 Å². The third-order valence-electron chi connectivity index (χ3n) is 4.98. The smallest absolute Gasteiger partial charge is 0.309 e. The molecule has 1 unspecified atom stereocenters. The number of carbonyl (C=O) groups is 1. The first-order chi connectivity index (χ1) is 11.3. The van der Waals surface area contributed by atoms with Crippen molar-refractivity contribution >= 4 is 18.4 Å². The zero-order valence-corrected chi connectivity index (χ0v) is 15.2. The maximum absolute atomic E-state index is 11.8. The Hall–Kier alpha value is -1.26. The number of fused-ring (bicyclic) bond motifs is 1. The highest BCUT2D eigenvalue weighted by molar-refractivity contribution is 5.85. The quantitative estimate of drug-likeness (QED) is 0.760. The average molecular weight is 354 g/mol. The second-order valence-corrected chi connectivity index (χ2v) is 6.54. The van der Waals surface area contributed by atoms with Crippen LogP contribution < -0.4 is 4.74 Å². The molecule has 1 saturated heterocycles. The van der Waals surface area contributed by atoms with E-state index in [1.807, 2.05) is 13.0 Å². The lowest BCUT2D eigenvalue weighted by atomic mass is 9.96. The minimum Gasteiger partial charge on any atom is -0.490 e. The molecule has 0 amide bonds. The van der Waals surface area contributed by atoms with Crippen LogP contribution in [0, 0.1) is 5.92 Å². The van der Waals surface area contributed by atoms with Gasteiger partial charge in [0, 0.05) is 6.54 Å². The summed E-state index contributed by atoms with van der Waals surface area (Å²) < 4.78 is 11.2. The van der Waals surface area contributed by atoms with Crippen molar-refractivity contribution in [2.24, 2.45) is 5.92 Å². The molecule has 0 aromatic heterocycles. The number of hydrogen-bond donors (Lipinski definition) is 0. The molecule has 2 aliphatic heterocycles. The van der Waals surface area contributed by atoms with E-state index in [1.165, 1.54) is 5.56 Å². The van der Waals surface area contributed by atoms with Crippen LogP contribution in [0.4, 0.5) is 0 Å². The Labute approximate surface area is 150 Å². The van der Waals surface area contributed by atoms with Crippen LogP contribution >= 0.6 is 12.4 Å². The maximum atomic E-state index is 11.8. The summed E-state index contributed by atoms with van der Waals surface area (Å²) in [5.41, 5.74) is 1.33. The molecule has 1 atom stereocenters. The van der Waals surface area contributed by atoms with Gasteiger partial charge in [0.05, 0.1) is 12.5 Å². The largest absolute Gasteiger partial charge is 0.490 e. The highest BCUT2D eigenvalue weighted by Gasteiger charge is 2.27. The number of nitrogens with zero attached hydrogens (tertiary/aromatic N) is 1. The first kappa shape index (κ1) is 19.1. The molecule has 0 aliphatic carbocycles. The van der Waals surface area contributed by atoms with Crippen LogP contribution in [-0.4, -0.2) is 43.2 Å². The summed E-state index contributed by atoms with van der Waals surface area (Å²) in [6.07, 6.45) is 5.47. The van der Waals surface area contributed by atoms with E-state index in [0.29, 0.717) is 12.7 Å². The molecular weight excluding hydrogens is 326 g/mol. The summed E-state index contributed by atoms with van der Waals surface area (Å²) >= 11 is 0. The standard InChI is InChI=1S/C19H27NO3.ClH/c1-2-22-19(21)16-9-12-20(13-10-16)14-11-17-8-7-15-5-3-4-6-18(15)23-17;/h3-6,16-17H,2,7-14H2,1H3;1H. The van der Waals surface area contributed by atoms with Gasteiger partial charge in [-0.05, 0) is 63.7 Å². The lowest BCUT2D eigenvalue weighted by molar-refractivity contribution is -0.149. The van der Waals surface area contributed by atoms with Crippen molar-refractivity contribution in [2.45, 2.75) is 45.1 Å². The van der Waals surface area contributed by atoms with Crippen molar-refractivity contribution in [1.82, 2.24) is 4.90 Å². The average Bonchev–Trinajstić information content (AvgIpc) is 2.60. The van der Waals surface area contributed by atoms with Gasteiger partial charge in [-0.2, -0.15) is 0 Å². The molecule has 3 rings (SSSR count). The van der Waals surface area contributed by atoms with Crippen LogP contribution in [0.5, 0.6) is 5.75 Å². The summed E-state index contributed by atoms with van der Waals surface area (Å²) in [7, 11) is 0. The minimum absolute atomic E-state index is 0. The Balaban J connectivity index is 0.00000208. The molecule has 1 aromatic rings. The fourth-order valence-corrected chi connectivity index (χ4v) is 3.56. The van der Waals surface area contributed by atoms with E-state index in [4.69, 9.17) is 9.47 Å². The summed E-state index contributed by atoms with van der Waals surface area (Å²) in [5.74, 6) is 1.15. The number of para-hydroxylation sites is 1. The summed E-state index contributed by atoms with van der Waals surface area (Å²) in [5, 5.41) is 0. The van der Waals surface area contributed by atoms with Crippen LogP contribution in [-0.2, 0) is 16.0 Å². The van der Waals surface area contributed by atoms with Crippen molar-refractivity contribution < 1.29 is 14.3 Å². The van der Waals surface area contributed by atoms with Gasteiger partial charge in [0.15, 0.2) is 0 Å². The molecule has 0 spiro atoms. The Kier molecular flexibility index (Phi) is 7.38. The number of carbonyl (C=O) groups excluding carboxylic acids is 1. The number of aryl methyl sites for hydroxylation is 1. The first-order valence-electron chi connectivity index (χ1n) is 8.90. The van der Waals surface area contributed by atoms with Crippen molar-refractivity contribution in [3.05, 3.63) is 29.8 Å². The molecule has 2 heterocycles. The second kappa shape index (κ2) is 9.28. The number of esters is 1. The van der Waals surface area contributed by atoms with Crippen LogP contribution in [0.3, 0.4) is 0 Å². The highest BCUT2D eigenvalue weighted by Crippen LogP contribution is 2.28. The summed E-state index contributed by atoms with van der Waals surface area (Å²) in [4.78, 5) is 14.2. The monoisotopic (exact) mass is 353 g/mol. The number of rotatable bonds is 5. The number of ether oxygens (including phenoxy) is 2. The van der Waals surface area contributed by atoms with Gasteiger partial charge in [-0.1, -0.05) is 18.2 Å². The number of hydrogen-bond acceptors (Lipinski definition) is 4. The second-order valence-electron chi connectivity index (χ2n) is 6.54. The van der Waals surface area contributed by atoms with Crippen molar-refractivity contribution in [1.29, 1.82) is 0 Å². The van der Waals surface area contributed by atoms with Crippen LogP contribution in [0.2, 0.25) is 0 Å². The van der Waals surface area contributed by atoms with Gasteiger partial charge in [-0.15, -0.1) is 12.4 Å². The van der Waals surface area contributed by atoms with Crippen LogP contribution in [0.25, 0.3) is 0 Å². The van der Waals surface area contributed by atoms with Crippen molar-refractivity contribution in [3.63, 3.8) is 0 Å². The van der Waals surface area contributed by atoms with E-state index in [0.717, 1.165) is 57.5 Å². The first-order valence-corrected chi connectivity index (χ1v) is 8.90. The van der Waals surface area contributed by atoms with E-state index in [2.05, 4.69) is 23.1 Å². The fourth-order valence-electron chi connectivity index (χ4n) is 3.56. The zero-order valence-electron chi connectivity index (χ0n) is 14.4. The molecule has 24 heavy (non-hydrogen) atoms. The Morgan fingerprint density at radius 3 is 2.75 bits per heavy atom. The molecule has 4 nitrogen and oxygen atoms in total. The predicted octanol–water partition coefficient (Wildman–Crippen LogP) is 3.47. The zero-order chi connectivity index (χ0) is 16.1. The molecule has 0 N–H and O–H groups in total. The lowest BCUT2D eigenvalue weighted by Gasteiger charge is -2.33. The third-order valence-corrected chi connectivity index (χ3v) is 4.98. The predicted molar refractivity (Wildman–Crippen MR) is 96.8 cm³/mol. The molecular formula is C19H28ClNO3. The Bertz CT molecular complexity index is 529. The Morgan fingerprint density at radius 2 is 2.00 bits per heavy atom. The SMILES string of the molecule is CCOC(=O)C1CCN(CCC2CCc3ccccc3O2)CC1.Cl. The number of benzene rings is 1. The van der Waals surface area contributed by atoms with Crippen molar-refractivity contribution in [2.75, 3.05) is 26.2 Å². The van der Waals surface area contributed by atoms with Gasteiger partial charge in [0.1, 0.15) is 11.9 Å². The van der Waals surface area contributed by atoms with Gasteiger partial charge in [-0.3, -0.25) is 4.79 Å². The van der Waals surface area contributed by atoms with Gasteiger partial charge < -0.3 is 14.4 Å². The third kappa shape index (κ3) is 4.87. The Morgan fingerprint density at radius 1 is 1.25 bits per heavy atom. The molecule has 1 fully saturated rings. The van der Waals surface area contributed by atoms with Crippen molar-refractivity contribution in [3.8, 4) is 5.75 Å². The van der Waals surface area contributed by atoms with Gasteiger partial charge in [-0.25, -0.2) is 0 Å². The minimum atomic E-state index is -0.0145. The van der Waals surface area contributed by atoms with Gasteiger partial charge in [0.25, 0.3) is 0 Å². The van der Waals surface area contributed by atoms with E-state index in [9.17, 15) is 4.79 Å². The fraction of sp³-hybridized carbons (Fsp3) is 0.632. The topological polar surface area (TPSA) is 38.8 Å². The molecule has 1 aromatic carbocycles. The molecule has 134 valence electrons. The normalized spacial score (nSPS) is 21.3. The lowest BCUT2D eigenvalue weighted by Crippen LogP contribution is -2.39. The number of halogens is 1. The summed E-state index contributed by atoms with van der Waals surface area (Å²) in [6, 6.07) is 8.36. The molecule has 5 heteroatoms. The molecule has 0 saturated carbocycles. The van der Waals surface area contributed by atoms with E-state index in [-0.39, 0.29) is 24.3 Å². The maximum Gasteiger partial charge on any atom is 0.309 e. The highest BCUT2D eigenvalue weighted by atomic mass is 35.5. The van der Waals surface area contributed by atoms with E-state index >= 15 is 0 Å². The van der Waals surface area contributed by atoms with E-state index in [1.54, 1.807) is 0 Å². The number of piperidine rings is 1. The van der Waals surface area contributed by atoms with E-state index < -0.39 is 0 Å². The molecule has 0 radical (unpaired) electrons. The summed E-state index contributed by atoms with van der Waals surface area (Å²) in [6.45, 7) is 5.40. The number of likely N-dealkylation sites (tertiary alicyclic amines) is 1. The molecule has 0 bridgehead atoms.